The molecule has 1 N–H and O–H groups in total. The molecule has 1 aromatic carbocycles. The third kappa shape index (κ3) is 2.96. The first kappa shape index (κ1) is 15.2. The molecule has 2 unspecified atom stereocenters. The zero-order valence-corrected chi connectivity index (χ0v) is 11.9. The fourth-order valence-corrected chi connectivity index (χ4v) is 2.60. The second kappa shape index (κ2) is 5.67. The van der Waals surface area contributed by atoms with Crippen molar-refractivity contribution in [2.24, 2.45) is 11.8 Å². The fraction of sp³-hybridized carbons (Fsp3) is 0.500. The number of nitro benzene ring substituents is 1. The van der Waals surface area contributed by atoms with Crippen LogP contribution in [0.4, 0.5) is 15.8 Å². The number of rotatable bonds is 3. The zero-order chi connectivity index (χ0) is 15.7. The first-order valence-corrected chi connectivity index (χ1v) is 6.77. The van der Waals surface area contributed by atoms with E-state index in [9.17, 15) is 19.3 Å². The number of benzene rings is 1. The summed E-state index contributed by atoms with van der Waals surface area (Å²) in [6.07, 6.45) is 0.862. The number of halogens is 1. The molecule has 114 valence electrons. The van der Waals surface area contributed by atoms with Crippen LogP contribution in [-0.2, 0) is 0 Å². The van der Waals surface area contributed by atoms with Crippen LogP contribution in [0.15, 0.2) is 12.1 Å². The summed E-state index contributed by atoms with van der Waals surface area (Å²) < 4.78 is 13.8. The molecule has 0 radical (unpaired) electrons. The third-order valence-electron chi connectivity index (χ3n) is 4.17. The van der Waals surface area contributed by atoms with Crippen molar-refractivity contribution in [1.82, 2.24) is 0 Å². The van der Waals surface area contributed by atoms with Gasteiger partial charge in [-0.05, 0) is 18.3 Å². The number of aromatic carboxylic acids is 1. The van der Waals surface area contributed by atoms with Crippen molar-refractivity contribution in [2.45, 2.75) is 20.3 Å². The van der Waals surface area contributed by atoms with E-state index in [-0.39, 0.29) is 11.4 Å². The molecule has 1 aliphatic heterocycles. The van der Waals surface area contributed by atoms with Gasteiger partial charge in [0, 0.05) is 25.2 Å². The molecule has 0 spiro atoms. The predicted octanol–water partition coefficient (Wildman–Crippen LogP) is 2.91. The SMILES string of the molecule is CC1CCN(c2cc(F)c(C(=O)O)cc2[N+](=O)[O-])CC1C. The van der Waals surface area contributed by atoms with Crippen LogP contribution >= 0.6 is 0 Å². The van der Waals surface area contributed by atoms with Gasteiger partial charge in [-0.2, -0.15) is 0 Å². The Hall–Kier alpha value is -2.18. The van der Waals surface area contributed by atoms with Crippen LogP contribution in [0.3, 0.4) is 0 Å². The van der Waals surface area contributed by atoms with E-state index in [1.807, 2.05) is 6.92 Å². The summed E-state index contributed by atoms with van der Waals surface area (Å²) in [4.78, 5) is 23.2. The molecule has 0 amide bonds. The molecule has 21 heavy (non-hydrogen) atoms. The topological polar surface area (TPSA) is 83.7 Å². The molecule has 1 saturated heterocycles. The molecule has 6 nitrogen and oxygen atoms in total. The number of carboxylic acids is 1. The Morgan fingerprint density at radius 2 is 2.10 bits per heavy atom. The van der Waals surface area contributed by atoms with Crippen molar-refractivity contribution in [3.8, 4) is 0 Å². The Labute approximate surface area is 121 Å². The third-order valence-corrected chi connectivity index (χ3v) is 4.17. The van der Waals surface area contributed by atoms with Gasteiger partial charge in [0.1, 0.15) is 17.1 Å². The van der Waals surface area contributed by atoms with Gasteiger partial charge in [0.25, 0.3) is 5.69 Å². The van der Waals surface area contributed by atoms with Crippen LogP contribution in [0.5, 0.6) is 0 Å². The molecule has 2 atom stereocenters. The van der Waals surface area contributed by atoms with Crippen molar-refractivity contribution in [3.05, 3.63) is 33.6 Å². The van der Waals surface area contributed by atoms with Crippen LogP contribution < -0.4 is 4.90 Å². The Kier molecular flexibility index (Phi) is 4.11. The highest BCUT2D eigenvalue weighted by molar-refractivity contribution is 5.90. The molecular formula is C14H17FN2O4. The normalized spacial score (nSPS) is 22.1. The Bertz CT molecular complexity index is 591. The summed E-state index contributed by atoms with van der Waals surface area (Å²) in [5.41, 5.74) is -0.888. The number of piperidine rings is 1. The van der Waals surface area contributed by atoms with E-state index in [1.165, 1.54) is 0 Å². The lowest BCUT2D eigenvalue weighted by Crippen LogP contribution is -2.38. The summed E-state index contributed by atoms with van der Waals surface area (Å²) in [5.74, 6) is -1.62. The van der Waals surface area contributed by atoms with Gasteiger partial charge in [0.2, 0.25) is 0 Å². The maximum atomic E-state index is 13.8. The van der Waals surface area contributed by atoms with Gasteiger partial charge in [-0.15, -0.1) is 0 Å². The van der Waals surface area contributed by atoms with Gasteiger partial charge in [0.05, 0.1) is 4.92 Å². The minimum Gasteiger partial charge on any atom is -0.478 e. The first-order valence-electron chi connectivity index (χ1n) is 6.77. The highest BCUT2D eigenvalue weighted by Gasteiger charge is 2.29. The molecule has 0 aliphatic carbocycles. The molecule has 0 saturated carbocycles. The van der Waals surface area contributed by atoms with Crippen molar-refractivity contribution < 1.29 is 19.2 Å². The minimum atomic E-state index is -1.51. The van der Waals surface area contributed by atoms with Crippen LogP contribution in [-0.4, -0.2) is 29.1 Å². The van der Waals surface area contributed by atoms with E-state index in [4.69, 9.17) is 5.11 Å². The summed E-state index contributed by atoms with van der Waals surface area (Å²) in [6, 6.07) is 1.76. The van der Waals surface area contributed by atoms with E-state index in [0.29, 0.717) is 24.9 Å². The van der Waals surface area contributed by atoms with Crippen LogP contribution in [0.25, 0.3) is 0 Å². The van der Waals surface area contributed by atoms with E-state index >= 15 is 0 Å². The number of hydrogen-bond acceptors (Lipinski definition) is 4. The van der Waals surface area contributed by atoms with E-state index in [0.717, 1.165) is 18.6 Å². The Morgan fingerprint density at radius 3 is 2.62 bits per heavy atom. The number of anilines is 1. The van der Waals surface area contributed by atoms with E-state index < -0.39 is 22.3 Å². The average Bonchev–Trinajstić information content (AvgIpc) is 2.40. The summed E-state index contributed by atoms with van der Waals surface area (Å²) in [5, 5.41) is 20.0. The molecular weight excluding hydrogens is 279 g/mol. The van der Waals surface area contributed by atoms with Crippen LogP contribution in [0.1, 0.15) is 30.6 Å². The minimum absolute atomic E-state index is 0.154. The zero-order valence-electron chi connectivity index (χ0n) is 11.9. The standard InChI is InChI=1S/C14H17FN2O4/c1-8-3-4-16(7-9(8)2)12-6-11(15)10(14(18)19)5-13(12)17(20)21/h5-6,8-9H,3-4,7H2,1-2H3,(H,18,19). The maximum absolute atomic E-state index is 13.8. The number of carbonyl (C=O) groups is 1. The first-order chi connectivity index (χ1) is 9.81. The molecule has 2 rings (SSSR count). The average molecular weight is 296 g/mol. The van der Waals surface area contributed by atoms with E-state index in [1.54, 1.807) is 4.90 Å². The van der Waals surface area contributed by atoms with Gasteiger partial charge in [-0.25, -0.2) is 9.18 Å². The number of nitrogens with zero attached hydrogens (tertiary/aromatic N) is 2. The van der Waals surface area contributed by atoms with E-state index in [2.05, 4.69) is 6.92 Å². The molecule has 7 heteroatoms. The van der Waals surface area contributed by atoms with Crippen molar-refractivity contribution in [2.75, 3.05) is 18.0 Å². The number of carboxylic acid groups (broad SMARTS) is 1. The molecule has 1 heterocycles. The molecule has 0 bridgehead atoms. The lowest BCUT2D eigenvalue weighted by atomic mass is 9.88. The van der Waals surface area contributed by atoms with Crippen LogP contribution in [0, 0.1) is 27.8 Å². The van der Waals surface area contributed by atoms with Gasteiger partial charge < -0.3 is 10.0 Å². The second-order valence-electron chi connectivity index (χ2n) is 5.57. The quantitative estimate of drug-likeness (QED) is 0.685. The Balaban J connectivity index is 2.45. The Morgan fingerprint density at radius 1 is 1.43 bits per heavy atom. The summed E-state index contributed by atoms with van der Waals surface area (Å²) in [6.45, 7) is 5.35. The monoisotopic (exact) mass is 296 g/mol. The molecule has 0 aromatic heterocycles. The summed E-state index contributed by atoms with van der Waals surface area (Å²) in [7, 11) is 0. The predicted molar refractivity (Wildman–Crippen MR) is 75.2 cm³/mol. The fourth-order valence-electron chi connectivity index (χ4n) is 2.60. The number of nitro groups is 1. The number of hydrogen-bond donors (Lipinski definition) is 1. The summed E-state index contributed by atoms with van der Waals surface area (Å²) >= 11 is 0. The lowest BCUT2D eigenvalue weighted by Gasteiger charge is -2.36. The van der Waals surface area contributed by atoms with Crippen molar-refractivity contribution in [1.29, 1.82) is 0 Å². The highest BCUT2D eigenvalue weighted by atomic mass is 19.1. The lowest BCUT2D eigenvalue weighted by molar-refractivity contribution is -0.384. The molecule has 1 aliphatic rings. The van der Waals surface area contributed by atoms with Gasteiger partial charge in [-0.3, -0.25) is 10.1 Å². The van der Waals surface area contributed by atoms with Crippen molar-refractivity contribution >= 4 is 17.3 Å². The highest BCUT2D eigenvalue weighted by Crippen LogP contribution is 2.35. The molecule has 1 aromatic rings. The smallest absolute Gasteiger partial charge is 0.338 e. The van der Waals surface area contributed by atoms with Gasteiger partial charge >= 0.3 is 5.97 Å². The second-order valence-corrected chi connectivity index (χ2v) is 5.57. The largest absolute Gasteiger partial charge is 0.478 e. The van der Waals surface area contributed by atoms with Gasteiger partial charge in [-0.1, -0.05) is 13.8 Å². The van der Waals surface area contributed by atoms with Gasteiger partial charge in [0.15, 0.2) is 0 Å². The van der Waals surface area contributed by atoms with Crippen molar-refractivity contribution in [3.63, 3.8) is 0 Å². The molecule has 1 fully saturated rings. The maximum Gasteiger partial charge on any atom is 0.338 e. The van der Waals surface area contributed by atoms with Crippen LogP contribution in [0.2, 0.25) is 0 Å².